The number of rotatable bonds is 4. The van der Waals surface area contributed by atoms with Gasteiger partial charge in [0.05, 0.1) is 0 Å². The van der Waals surface area contributed by atoms with Crippen molar-refractivity contribution in [1.29, 1.82) is 0 Å². The van der Waals surface area contributed by atoms with E-state index in [1.165, 1.54) is 17.1 Å². The first kappa shape index (κ1) is 12.5. The Bertz CT molecular complexity index is 194. The second kappa shape index (κ2) is 6.09. The lowest BCUT2D eigenvalue weighted by Gasteiger charge is -2.34. The van der Waals surface area contributed by atoms with Gasteiger partial charge in [0.25, 0.3) is 0 Å². The summed E-state index contributed by atoms with van der Waals surface area (Å²) < 4.78 is 0. The molecular weight excluding hydrogens is 210 g/mol. The molecule has 0 amide bonds. The van der Waals surface area contributed by atoms with Crippen molar-refractivity contribution in [2.24, 2.45) is 0 Å². The first-order valence-electron chi connectivity index (χ1n) is 5.20. The van der Waals surface area contributed by atoms with Crippen LogP contribution in [0.5, 0.6) is 0 Å². The lowest BCUT2D eigenvalue weighted by atomic mass is 10.0. The standard InChI is InChI=1S/C11H21NS2/c1-8(2)7-10(12-4)11-9(3)13-5-6-14-11/h9-12H,1,5-7H2,2-4H3. The van der Waals surface area contributed by atoms with Gasteiger partial charge in [-0.15, -0.1) is 6.58 Å². The first-order valence-corrected chi connectivity index (χ1v) is 7.29. The van der Waals surface area contributed by atoms with Gasteiger partial charge in [-0.2, -0.15) is 23.5 Å². The van der Waals surface area contributed by atoms with Crippen LogP contribution in [0.15, 0.2) is 12.2 Å². The zero-order valence-corrected chi connectivity index (χ0v) is 11.0. The van der Waals surface area contributed by atoms with Crippen molar-refractivity contribution in [3.63, 3.8) is 0 Å². The molecule has 3 unspecified atom stereocenters. The monoisotopic (exact) mass is 231 g/mol. The molecule has 0 aliphatic carbocycles. The van der Waals surface area contributed by atoms with Crippen LogP contribution in [-0.4, -0.2) is 35.1 Å². The summed E-state index contributed by atoms with van der Waals surface area (Å²) in [5, 5.41) is 4.95. The molecule has 0 aromatic heterocycles. The number of hydrogen-bond donors (Lipinski definition) is 1. The minimum Gasteiger partial charge on any atom is -0.316 e. The van der Waals surface area contributed by atoms with Gasteiger partial charge in [-0.1, -0.05) is 12.5 Å². The minimum absolute atomic E-state index is 0.597. The van der Waals surface area contributed by atoms with E-state index in [-0.39, 0.29) is 0 Å². The van der Waals surface area contributed by atoms with Crippen LogP contribution in [0.2, 0.25) is 0 Å². The second-order valence-corrected chi connectivity index (χ2v) is 6.74. The summed E-state index contributed by atoms with van der Waals surface area (Å²) >= 11 is 4.23. The van der Waals surface area contributed by atoms with Crippen molar-refractivity contribution in [3.05, 3.63) is 12.2 Å². The SMILES string of the molecule is C=C(C)CC(NC)C1SCCSC1C. The highest BCUT2D eigenvalue weighted by atomic mass is 32.2. The third-order valence-electron chi connectivity index (χ3n) is 2.57. The van der Waals surface area contributed by atoms with Gasteiger partial charge < -0.3 is 5.32 Å². The molecule has 1 rings (SSSR count). The Morgan fingerprint density at radius 1 is 1.50 bits per heavy atom. The van der Waals surface area contributed by atoms with Crippen LogP contribution in [0.1, 0.15) is 20.3 Å². The van der Waals surface area contributed by atoms with Crippen LogP contribution in [0.4, 0.5) is 0 Å². The molecule has 0 spiro atoms. The Labute approximate surface area is 96.5 Å². The highest BCUT2D eigenvalue weighted by Crippen LogP contribution is 2.34. The molecule has 0 saturated carbocycles. The van der Waals surface area contributed by atoms with E-state index in [0.717, 1.165) is 16.9 Å². The third kappa shape index (κ3) is 3.52. The topological polar surface area (TPSA) is 12.0 Å². The Kier molecular flexibility index (Phi) is 5.42. The fraction of sp³-hybridized carbons (Fsp3) is 0.818. The van der Waals surface area contributed by atoms with Crippen molar-refractivity contribution in [1.82, 2.24) is 5.32 Å². The van der Waals surface area contributed by atoms with Gasteiger partial charge in [-0.05, 0) is 20.4 Å². The zero-order chi connectivity index (χ0) is 10.6. The van der Waals surface area contributed by atoms with Gasteiger partial charge in [0, 0.05) is 28.0 Å². The summed E-state index contributed by atoms with van der Waals surface area (Å²) in [6, 6.07) is 0.597. The summed E-state index contributed by atoms with van der Waals surface area (Å²) in [7, 11) is 2.07. The molecule has 0 bridgehead atoms. The molecule has 0 aromatic carbocycles. The molecule has 1 nitrogen and oxygen atoms in total. The first-order chi connectivity index (χ1) is 6.65. The predicted molar refractivity (Wildman–Crippen MR) is 70.4 cm³/mol. The zero-order valence-electron chi connectivity index (χ0n) is 9.38. The molecule has 1 fully saturated rings. The summed E-state index contributed by atoms with van der Waals surface area (Å²) in [5.74, 6) is 2.61. The summed E-state index contributed by atoms with van der Waals surface area (Å²) in [4.78, 5) is 0. The highest BCUT2D eigenvalue weighted by Gasteiger charge is 2.29. The van der Waals surface area contributed by atoms with E-state index >= 15 is 0 Å². The van der Waals surface area contributed by atoms with Crippen LogP contribution < -0.4 is 5.32 Å². The molecular formula is C11H21NS2. The van der Waals surface area contributed by atoms with E-state index in [4.69, 9.17) is 0 Å². The number of hydrogen-bond acceptors (Lipinski definition) is 3. The van der Waals surface area contributed by atoms with Gasteiger partial charge >= 0.3 is 0 Å². The molecule has 1 aliphatic heterocycles. The Morgan fingerprint density at radius 2 is 2.14 bits per heavy atom. The van der Waals surface area contributed by atoms with Gasteiger partial charge in [-0.3, -0.25) is 0 Å². The normalized spacial score (nSPS) is 29.9. The molecule has 14 heavy (non-hydrogen) atoms. The lowest BCUT2D eigenvalue weighted by Crippen LogP contribution is -2.42. The van der Waals surface area contributed by atoms with Crippen LogP contribution in [-0.2, 0) is 0 Å². The van der Waals surface area contributed by atoms with E-state index in [1.54, 1.807) is 0 Å². The van der Waals surface area contributed by atoms with Gasteiger partial charge in [0.2, 0.25) is 0 Å². The maximum Gasteiger partial charge on any atom is 0.0320 e. The summed E-state index contributed by atoms with van der Waals surface area (Å²) in [5.41, 5.74) is 1.28. The van der Waals surface area contributed by atoms with E-state index in [1.807, 2.05) is 0 Å². The highest BCUT2D eigenvalue weighted by molar-refractivity contribution is 8.07. The average Bonchev–Trinajstić information content (AvgIpc) is 2.15. The fourth-order valence-corrected chi connectivity index (χ4v) is 4.85. The van der Waals surface area contributed by atoms with E-state index < -0.39 is 0 Å². The number of thioether (sulfide) groups is 2. The molecule has 1 heterocycles. The third-order valence-corrected chi connectivity index (χ3v) is 5.82. The van der Waals surface area contributed by atoms with Crippen LogP contribution in [0.3, 0.4) is 0 Å². The lowest BCUT2D eigenvalue weighted by molar-refractivity contribution is 0.529. The molecule has 82 valence electrons. The van der Waals surface area contributed by atoms with E-state index in [9.17, 15) is 0 Å². The molecule has 3 heteroatoms. The molecule has 1 saturated heterocycles. The van der Waals surface area contributed by atoms with Gasteiger partial charge in [0.15, 0.2) is 0 Å². The van der Waals surface area contributed by atoms with Crippen molar-refractivity contribution in [3.8, 4) is 0 Å². The van der Waals surface area contributed by atoms with Crippen LogP contribution in [0.25, 0.3) is 0 Å². The van der Waals surface area contributed by atoms with Crippen molar-refractivity contribution in [2.45, 2.75) is 36.8 Å². The fourth-order valence-electron chi connectivity index (χ4n) is 1.85. The van der Waals surface area contributed by atoms with E-state index in [2.05, 4.69) is 56.3 Å². The van der Waals surface area contributed by atoms with E-state index in [0.29, 0.717) is 6.04 Å². The average molecular weight is 231 g/mol. The number of nitrogens with one attached hydrogen (secondary N) is 1. The smallest absolute Gasteiger partial charge is 0.0320 e. The maximum absolute atomic E-state index is 4.01. The Balaban J connectivity index is 2.52. The summed E-state index contributed by atoms with van der Waals surface area (Å²) in [6.45, 7) is 8.48. The minimum atomic E-state index is 0.597. The Hall–Kier alpha value is 0.400. The van der Waals surface area contributed by atoms with Gasteiger partial charge in [0.1, 0.15) is 0 Å². The van der Waals surface area contributed by atoms with Crippen LogP contribution in [0, 0.1) is 0 Å². The molecule has 1 N–H and O–H groups in total. The maximum atomic E-state index is 4.01. The molecule has 1 aliphatic rings. The largest absolute Gasteiger partial charge is 0.316 e. The van der Waals surface area contributed by atoms with Crippen LogP contribution >= 0.6 is 23.5 Å². The van der Waals surface area contributed by atoms with Crippen molar-refractivity contribution in [2.75, 3.05) is 18.6 Å². The summed E-state index contributed by atoms with van der Waals surface area (Å²) in [6.07, 6.45) is 1.11. The second-order valence-electron chi connectivity index (χ2n) is 3.97. The van der Waals surface area contributed by atoms with Crippen molar-refractivity contribution >= 4 is 23.5 Å². The predicted octanol–water partition coefficient (Wildman–Crippen LogP) is 2.78. The molecule has 3 atom stereocenters. The quantitative estimate of drug-likeness (QED) is 0.747. The molecule has 0 aromatic rings. The Morgan fingerprint density at radius 3 is 2.64 bits per heavy atom. The van der Waals surface area contributed by atoms with Gasteiger partial charge in [-0.25, -0.2) is 0 Å². The van der Waals surface area contributed by atoms with Crippen molar-refractivity contribution < 1.29 is 0 Å². The molecule has 0 radical (unpaired) electrons.